The van der Waals surface area contributed by atoms with Gasteiger partial charge < -0.3 is 11.1 Å². The topological polar surface area (TPSA) is 50.9 Å². The van der Waals surface area contributed by atoms with Gasteiger partial charge in [0.05, 0.1) is 5.56 Å². The molecule has 1 unspecified atom stereocenters. The van der Waals surface area contributed by atoms with Crippen LogP contribution in [0.2, 0.25) is 0 Å². The second kappa shape index (κ2) is 7.33. The molecule has 3 N–H and O–H groups in total. The van der Waals surface area contributed by atoms with Gasteiger partial charge in [0.25, 0.3) is 0 Å². The summed E-state index contributed by atoms with van der Waals surface area (Å²) >= 11 is 0. The number of nitrogens with one attached hydrogen (secondary N) is 1. The highest BCUT2D eigenvalue weighted by Gasteiger charge is 2.30. The number of halogens is 3. The lowest BCUT2D eigenvalue weighted by atomic mass is 10.00. The molecule has 1 heterocycles. The lowest BCUT2D eigenvalue weighted by Crippen LogP contribution is -2.18. The minimum Gasteiger partial charge on any atom is -0.370 e. The Morgan fingerprint density at radius 1 is 1.37 bits per heavy atom. The fourth-order valence-corrected chi connectivity index (χ4v) is 1.94. The monoisotopic (exact) mass is 275 g/mol. The van der Waals surface area contributed by atoms with E-state index >= 15 is 0 Å². The van der Waals surface area contributed by atoms with Gasteiger partial charge in [-0.2, -0.15) is 13.2 Å². The van der Waals surface area contributed by atoms with Crippen molar-refractivity contribution in [3.05, 3.63) is 23.9 Å². The first-order chi connectivity index (χ1) is 8.97. The molecule has 0 aliphatic rings. The van der Waals surface area contributed by atoms with Gasteiger partial charge in [-0.25, -0.2) is 4.98 Å². The number of anilines is 1. The molecule has 1 aromatic rings. The van der Waals surface area contributed by atoms with Gasteiger partial charge in [0.1, 0.15) is 5.82 Å². The van der Waals surface area contributed by atoms with E-state index in [1.807, 2.05) is 0 Å². The van der Waals surface area contributed by atoms with Crippen molar-refractivity contribution in [2.75, 3.05) is 18.4 Å². The normalized spacial score (nSPS) is 13.3. The molecule has 0 aliphatic heterocycles. The Kier molecular flexibility index (Phi) is 6.08. The van der Waals surface area contributed by atoms with Crippen molar-refractivity contribution in [2.24, 2.45) is 11.7 Å². The Hall–Kier alpha value is -1.30. The van der Waals surface area contributed by atoms with E-state index < -0.39 is 11.7 Å². The van der Waals surface area contributed by atoms with Crippen LogP contribution >= 0.6 is 0 Å². The van der Waals surface area contributed by atoms with Crippen LogP contribution in [0.1, 0.15) is 31.7 Å². The number of nitrogens with zero attached hydrogens (tertiary/aromatic N) is 1. The van der Waals surface area contributed by atoms with Crippen LogP contribution in [0.5, 0.6) is 0 Å². The number of hydrogen-bond donors (Lipinski definition) is 2. The van der Waals surface area contributed by atoms with Crippen LogP contribution in [0.4, 0.5) is 19.0 Å². The van der Waals surface area contributed by atoms with E-state index in [9.17, 15) is 13.2 Å². The predicted octanol–water partition coefficient (Wildman–Crippen LogP) is 3.28. The molecular weight excluding hydrogens is 255 g/mol. The van der Waals surface area contributed by atoms with Crippen LogP contribution in [-0.4, -0.2) is 18.1 Å². The molecule has 1 rings (SSSR count). The average molecular weight is 275 g/mol. The molecule has 108 valence electrons. The number of nitrogens with two attached hydrogens (primary N) is 1. The second-order valence-corrected chi connectivity index (χ2v) is 4.54. The summed E-state index contributed by atoms with van der Waals surface area (Å²) in [6, 6.07) is 2.00. The van der Waals surface area contributed by atoms with Gasteiger partial charge in [-0.1, -0.05) is 13.3 Å². The molecule has 0 radical (unpaired) electrons. The first-order valence-electron chi connectivity index (χ1n) is 6.44. The summed E-state index contributed by atoms with van der Waals surface area (Å²) in [5, 5.41) is 2.96. The number of rotatable bonds is 7. The zero-order chi connectivity index (χ0) is 14.3. The fraction of sp³-hybridized carbons (Fsp3) is 0.615. The van der Waals surface area contributed by atoms with E-state index in [-0.39, 0.29) is 5.82 Å². The fourth-order valence-electron chi connectivity index (χ4n) is 1.94. The molecular formula is C13H20F3N3. The van der Waals surface area contributed by atoms with E-state index in [1.54, 1.807) is 0 Å². The smallest absolute Gasteiger partial charge is 0.370 e. The van der Waals surface area contributed by atoms with Crippen molar-refractivity contribution in [2.45, 2.75) is 32.4 Å². The van der Waals surface area contributed by atoms with Crippen molar-refractivity contribution in [3.8, 4) is 0 Å². The summed E-state index contributed by atoms with van der Waals surface area (Å²) in [7, 11) is 0. The lowest BCUT2D eigenvalue weighted by molar-refractivity contribution is -0.137. The Balaban J connectivity index is 2.61. The zero-order valence-electron chi connectivity index (χ0n) is 11.0. The standard InChI is InChI=1S/C13H20F3N3/c1-2-3-10(4-6-17)9-19-12-8-11(5-7-18-12)13(14,15)16/h5,7-8,10H,2-4,6,9,17H2,1H3,(H,18,19). The van der Waals surface area contributed by atoms with Crippen LogP contribution in [0.3, 0.4) is 0 Å². The van der Waals surface area contributed by atoms with E-state index in [1.165, 1.54) is 6.20 Å². The van der Waals surface area contributed by atoms with Gasteiger partial charge in [-0.05, 0) is 37.4 Å². The van der Waals surface area contributed by atoms with Crippen molar-refractivity contribution >= 4 is 5.82 Å². The summed E-state index contributed by atoms with van der Waals surface area (Å²) in [4.78, 5) is 3.90. The molecule has 0 bridgehead atoms. The van der Waals surface area contributed by atoms with Crippen LogP contribution in [0, 0.1) is 5.92 Å². The average Bonchev–Trinajstić information content (AvgIpc) is 2.36. The Bertz CT molecular complexity index is 374. The Morgan fingerprint density at radius 3 is 2.68 bits per heavy atom. The Morgan fingerprint density at radius 2 is 2.11 bits per heavy atom. The summed E-state index contributed by atoms with van der Waals surface area (Å²) < 4.78 is 37.6. The highest BCUT2D eigenvalue weighted by molar-refractivity contribution is 5.38. The summed E-state index contributed by atoms with van der Waals surface area (Å²) in [6.45, 7) is 3.26. The summed E-state index contributed by atoms with van der Waals surface area (Å²) in [6.07, 6.45) is -0.270. The van der Waals surface area contributed by atoms with E-state index in [0.717, 1.165) is 31.4 Å². The molecule has 0 spiro atoms. The molecule has 3 nitrogen and oxygen atoms in total. The predicted molar refractivity (Wildman–Crippen MR) is 69.8 cm³/mol. The molecule has 6 heteroatoms. The molecule has 0 saturated carbocycles. The third-order valence-electron chi connectivity index (χ3n) is 2.93. The van der Waals surface area contributed by atoms with Crippen LogP contribution in [0.25, 0.3) is 0 Å². The van der Waals surface area contributed by atoms with Crippen LogP contribution < -0.4 is 11.1 Å². The molecule has 1 aromatic heterocycles. The van der Waals surface area contributed by atoms with Gasteiger partial charge in [0, 0.05) is 12.7 Å². The number of alkyl halides is 3. The molecule has 19 heavy (non-hydrogen) atoms. The van der Waals surface area contributed by atoms with Gasteiger partial charge >= 0.3 is 6.18 Å². The van der Waals surface area contributed by atoms with Gasteiger partial charge in [-0.3, -0.25) is 0 Å². The van der Waals surface area contributed by atoms with Gasteiger partial charge in [0.15, 0.2) is 0 Å². The van der Waals surface area contributed by atoms with Crippen LogP contribution in [0.15, 0.2) is 18.3 Å². The first-order valence-corrected chi connectivity index (χ1v) is 6.44. The van der Waals surface area contributed by atoms with Gasteiger partial charge in [0.2, 0.25) is 0 Å². The molecule has 0 aliphatic carbocycles. The number of pyridine rings is 1. The maximum absolute atomic E-state index is 12.5. The van der Waals surface area contributed by atoms with Crippen molar-refractivity contribution in [3.63, 3.8) is 0 Å². The quantitative estimate of drug-likeness (QED) is 0.803. The SMILES string of the molecule is CCCC(CCN)CNc1cc(C(F)(F)F)ccn1. The van der Waals surface area contributed by atoms with E-state index in [4.69, 9.17) is 5.73 Å². The van der Waals surface area contributed by atoms with Crippen molar-refractivity contribution < 1.29 is 13.2 Å². The highest BCUT2D eigenvalue weighted by Crippen LogP contribution is 2.29. The van der Waals surface area contributed by atoms with E-state index in [0.29, 0.717) is 19.0 Å². The minimum atomic E-state index is -4.33. The van der Waals surface area contributed by atoms with Gasteiger partial charge in [-0.15, -0.1) is 0 Å². The lowest BCUT2D eigenvalue weighted by Gasteiger charge is -2.16. The molecule has 1 atom stereocenters. The molecule has 0 fully saturated rings. The van der Waals surface area contributed by atoms with Crippen LogP contribution in [-0.2, 0) is 6.18 Å². The summed E-state index contributed by atoms with van der Waals surface area (Å²) in [5.74, 6) is 0.624. The minimum absolute atomic E-state index is 0.257. The van der Waals surface area contributed by atoms with Crippen molar-refractivity contribution in [1.82, 2.24) is 4.98 Å². The number of aromatic nitrogens is 1. The first kappa shape index (κ1) is 15.8. The molecule has 0 amide bonds. The maximum atomic E-state index is 12.5. The highest BCUT2D eigenvalue weighted by atomic mass is 19.4. The second-order valence-electron chi connectivity index (χ2n) is 4.54. The van der Waals surface area contributed by atoms with Crippen molar-refractivity contribution in [1.29, 1.82) is 0 Å². The summed E-state index contributed by atoms with van der Waals surface area (Å²) in [5.41, 5.74) is 4.83. The maximum Gasteiger partial charge on any atom is 0.416 e. The molecule has 0 aromatic carbocycles. The molecule has 0 saturated heterocycles. The largest absolute Gasteiger partial charge is 0.416 e. The number of hydrogen-bond acceptors (Lipinski definition) is 3. The third-order valence-corrected chi connectivity index (χ3v) is 2.93. The third kappa shape index (κ3) is 5.46. The zero-order valence-corrected chi connectivity index (χ0v) is 11.0. The van der Waals surface area contributed by atoms with E-state index in [2.05, 4.69) is 17.2 Å². The Labute approximate surface area is 111 Å².